The summed E-state index contributed by atoms with van der Waals surface area (Å²) in [5.41, 5.74) is 1.60. The highest BCUT2D eigenvalue weighted by atomic mass is 19.1. The zero-order valence-corrected chi connectivity index (χ0v) is 16.6. The number of anilines is 1. The molecular formula is C22H25FN4O2. The van der Waals surface area contributed by atoms with Crippen LogP contribution in [0.4, 0.5) is 10.2 Å². The Morgan fingerprint density at radius 2 is 2.10 bits per heavy atom. The minimum atomic E-state index is -1.41. The van der Waals surface area contributed by atoms with E-state index in [1.54, 1.807) is 6.33 Å². The van der Waals surface area contributed by atoms with Crippen LogP contribution in [0.5, 0.6) is 5.75 Å². The van der Waals surface area contributed by atoms with Crippen LogP contribution in [0.1, 0.15) is 49.9 Å². The number of H-pyrrole nitrogens is 1. The summed E-state index contributed by atoms with van der Waals surface area (Å²) in [5, 5.41) is 4.50. The van der Waals surface area contributed by atoms with Crippen LogP contribution < -0.4 is 10.1 Å². The fourth-order valence-electron chi connectivity index (χ4n) is 3.79. The molecule has 3 heterocycles. The van der Waals surface area contributed by atoms with Gasteiger partial charge in [-0.15, -0.1) is 0 Å². The van der Waals surface area contributed by atoms with Crippen molar-refractivity contribution in [3.05, 3.63) is 47.9 Å². The first-order valence-corrected chi connectivity index (χ1v) is 10.1. The zero-order chi connectivity index (χ0) is 20.0. The molecule has 2 aliphatic rings. The average molecular weight is 396 g/mol. The molecule has 2 N–H and O–H groups in total. The van der Waals surface area contributed by atoms with E-state index in [0.717, 1.165) is 28.2 Å². The van der Waals surface area contributed by atoms with Gasteiger partial charge in [0.1, 0.15) is 41.9 Å². The third-order valence-electron chi connectivity index (χ3n) is 5.43. The number of hydrogen-bond donors (Lipinski definition) is 2. The fraction of sp³-hybridized carbons (Fsp3) is 0.455. The lowest BCUT2D eigenvalue weighted by molar-refractivity contribution is -0.0457. The second kappa shape index (κ2) is 6.99. The number of aromatic nitrogens is 3. The van der Waals surface area contributed by atoms with Gasteiger partial charge in [0.2, 0.25) is 0 Å². The lowest BCUT2D eigenvalue weighted by atomic mass is 9.97. The summed E-state index contributed by atoms with van der Waals surface area (Å²) in [6.45, 7) is 3.37. The molecule has 5 rings (SSSR count). The highest BCUT2D eigenvalue weighted by Gasteiger charge is 2.34. The van der Waals surface area contributed by atoms with E-state index < -0.39 is 5.67 Å². The topological polar surface area (TPSA) is 72.1 Å². The molecule has 29 heavy (non-hydrogen) atoms. The second-order valence-corrected chi connectivity index (χ2v) is 8.52. The summed E-state index contributed by atoms with van der Waals surface area (Å²) in [7, 11) is 0. The molecule has 2 atom stereocenters. The number of para-hydroxylation sites is 1. The van der Waals surface area contributed by atoms with Crippen LogP contribution in [0, 0.1) is 0 Å². The number of nitrogens with zero attached hydrogens (tertiary/aromatic N) is 2. The van der Waals surface area contributed by atoms with Crippen LogP contribution in [0.15, 0.2) is 36.7 Å². The van der Waals surface area contributed by atoms with Gasteiger partial charge in [0.25, 0.3) is 0 Å². The van der Waals surface area contributed by atoms with Crippen LogP contribution in [0.25, 0.3) is 11.0 Å². The molecule has 7 heteroatoms. The molecule has 3 aromatic rings. The first kappa shape index (κ1) is 18.4. The predicted octanol–water partition coefficient (Wildman–Crippen LogP) is 4.51. The lowest BCUT2D eigenvalue weighted by Crippen LogP contribution is -2.40. The van der Waals surface area contributed by atoms with Gasteiger partial charge in [-0.25, -0.2) is 14.4 Å². The van der Waals surface area contributed by atoms with Crippen molar-refractivity contribution < 1.29 is 13.9 Å². The molecule has 0 radical (unpaired) electrons. The minimum absolute atomic E-state index is 0.00343. The summed E-state index contributed by atoms with van der Waals surface area (Å²) in [6.07, 6.45) is 3.65. The van der Waals surface area contributed by atoms with E-state index in [2.05, 4.69) is 26.3 Å². The first-order chi connectivity index (χ1) is 14.0. The van der Waals surface area contributed by atoms with Gasteiger partial charge in [-0.05, 0) is 44.7 Å². The average Bonchev–Trinajstić information content (AvgIpc) is 3.45. The Morgan fingerprint density at radius 3 is 2.90 bits per heavy atom. The van der Waals surface area contributed by atoms with Crippen LogP contribution in [0.2, 0.25) is 0 Å². The molecule has 0 spiro atoms. The molecule has 1 aromatic carbocycles. The Bertz CT molecular complexity index is 1030. The number of ether oxygens (including phenoxy) is 2. The second-order valence-electron chi connectivity index (χ2n) is 8.52. The SMILES string of the molecule is CC(C)(F)CO[C@H]1COc2ccccc2[C@@H]1Nc1ncnc2[nH]c(C3CC3)cc12. The minimum Gasteiger partial charge on any atom is -0.490 e. The summed E-state index contributed by atoms with van der Waals surface area (Å²) in [6, 6.07) is 9.79. The van der Waals surface area contributed by atoms with Crippen molar-refractivity contribution in [2.45, 2.75) is 50.4 Å². The van der Waals surface area contributed by atoms with E-state index in [1.165, 1.54) is 32.4 Å². The van der Waals surface area contributed by atoms with Gasteiger partial charge in [0, 0.05) is 11.3 Å². The molecular weight excluding hydrogens is 371 g/mol. The number of aromatic amines is 1. The van der Waals surface area contributed by atoms with Crippen molar-refractivity contribution in [1.29, 1.82) is 0 Å². The summed E-state index contributed by atoms with van der Waals surface area (Å²) >= 11 is 0. The number of alkyl halides is 1. The van der Waals surface area contributed by atoms with Crippen LogP contribution in [0.3, 0.4) is 0 Å². The fourth-order valence-corrected chi connectivity index (χ4v) is 3.79. The van der Waals surface area contributed by atoms with Crippen molar-refractivity contribution in [2.24, 2.45) is 0 Å². The largest absolute Gasteiger partial charge is 0.490 e. The maximum atomic E-state index is 14.1. The van der Waals surface area contributed by atoms with Gasteiger partial charge in [0.15, 0.2) is 0 Å². The standard InChI is InChI=1S/C22H25FN4O2/c1-22(2,23)11-29-18-10-28-17-6-4-3-5-14(17)19(18)27-21-15-9-16(13-7-8-13)26-20(15)24-12-25-21/h3-6,9,12-13,18-19H,7-8,10-11H2,1-2H3,(H2,24,25,26,27)/t18-,19-/m0/s1. The Balaban J connectivity index is 1.48. The molecule has 1 aliphatic heterocycles. The normalized spacial score (nSPS) is 21.6. The van der Waals surface area contributed by atoms with E-state index in [9.17, 15) is 4.39 Å². The molecule has 6 nitrogen and oxygen atoms in total. The summed E-state index contributed by atoms with van der Waals surface area (Å²) in [4.78, 5) is 12.3. The highest BCUT2D eigenvalue weighted by Crippen LogP contribution is 2.42. The van der Waals surface area contributed by atoms with Gasteiger partial charge >= 0.3 is 0 Å². The van der Waals surface area contributed by atoms with Crippen molar-refractivity contribution in [3.63, 3.8) is 0 Å². The summed E-state index contributed by atoms with van der Waals surface area (Å²) in [5.74, 6) is 2.15. The summed E-state index contributed by atoms with van der Waals surface area (Å²) < 4.78 is 25.9. The van der Waals surface area contributed by atoms with Gasteiger partial charge in [0.05, 0.1) is 18.0 Å². The van der Waals surface area contributed by atoms with Crippen molar-refractivity contribution >= 4 is 16.9 Å². The van der Waals surface area contributed by atoms with Crippen LogP contribution in [-0.2, 0) is 4.74 Å². The number of nitrogens with one attached hydrogen (secondary N) is 2. The number of benzene rings is 1. The van der Waals surface area contributed by atoms with Gasteiger partial charge in [-0.1, -0.05) is 18.2 Å². The van der Waals surface area contributed by atoms with E-state index in [-0.39, 0.29) is 18.8 Å². The molecule has 1 fully saturated rings. The van der Waals surface area contributed by atoms with Crippen molar-refractivity contribution in [1.82, 2.24) is 15.0 Å². The maximum Gasteiger partial charge on any atom is 0.143 e. The van der Waals surface area contributed by atoms with Gasteiger partial charge in [-0.3, -0.25) is 0 Å². The third-order valence-corrected chi connectivity index (χ3v) is 5.43. The number of fused-ring (bicyclic) bond motifs is 2. The number of halogens is 1. The highest BCUT2D eigenvalue weighted by molar-refractivity contribution is 5.88. The first-order valence-electron chi connectivity index (χ1n) is 10.1. The molecule has 1 aliphatic carbocycles. The Labute approximate surface area is 168 Å². The smallest absolute Gasteiger partial charge is 0.143 e. The molecule has 1 saturated carbocycles. The maximum absolute atomic E-state index is 14.1. The Kier molecular flexibility index (Phi) is 4.42. The van der Waals surface area contributed by atoms with Gasteiger partial charge in [-0.2, -0.15) is 0 Å². The van der Waals surface area contributed by atoms with Crippen LogP contribution in [-0.4, -0.2) is 39.9 Å². The zero-order valence-electron chi connectivity index (χ0n) is 16.6. The quantitative estimate of drug-likeness (QED) is 0.641. The number of hydrogen-bond acceptors (Lipinski definition) is 5. The monoisotopic (exact) mass is 396 g/mol. The van der Waals surface area contributed by atoms with Crippen LogP contribution >= 0.6 is 0 Å². The molecule has 152 valence electrons. The Morgan fingerprint density at radius 1 is 1.28 bits per heavy atom. The van der Waals surface area contributed by atoms with Crippen molar-refractivity contribution in [2.75, 3.05) is 18.5 Å². The van der Waals surface area contributed by atoms with Gasteiger partial charge < -0.3 is 19.8 Å². The van der Waals surface area contributed by atoms with E-state index in [1.807, 2.05) is 24.3 Å². The molecule has 0 amide bonds. The molecule has 2 aromatic heterocycles. The molecule has 0 bridgehead atoms. The molecule has 0 saturated heterocycles. The predicted molar refractivity (Wildman–Crippen MR) is 109 cm³/mol. The third kappa shape index (κ3) is 3.79. The number of rotatable bonds is 6. The van der Waals surface area contributed by atoms with E-state index in [4.69, 9.17) is 9.47 Å². The molecule has 0 unspecified atom stereocenters. The van der Waals surface area contributed by atoms with E-state index in [0.29, 0.717) is 12.5 Å². The van der Waals surface area contributed by atoms with E-state index >= 15 is 0 Å². The Hall–Kier alpha value is -2.67. The lowest BCUT2D eigenvalue weighted by Gasteiger charge is -2.35. The van der Waals surface area contributed by atoms with Crippen molar-refractivity contribution in [3.8, 4) is 5.75 Å².